The number of halogens is 1. The van der Waals surface area contributed by atoms with Crippen LogP contribution in [0.5, 0.6) is 0 Å². The average Bonchev–Trinajstić information content (AvgIpc) is 2.15. The molecule has 1 aromatic carbocycles. The van der Waals surface area contributed by atoms with Gasteiger partial charge in [0.25, 0.3) is 0 Å². The number of hydrogen-bond acceptors (Lipinski definition) is 3. The normalized spacial score (nSPS) is 9.77. The predicted octanol–water partition coefficient (Wildman–Crippen LogP) is 2.33. The molecule has 0 aliphatic rings. The lowest BCUT2D eigenvalue weighted by molar-refractivity contribution is 0.0600. The van der Waals surface area contributed by atoms with Crippen LogP contribution in [-0.4, -0.2) is 19.3 Å². The fraction of sp³-hybridized carbons (Fsp3) is 0.222. The molecule has 70 valence electrons. The third kappa shape index (κ3) is 2.45. The number of hydrogen-bond donors (Lipinski definition) is 0. The van der Waals surface area contributed by atoms with Gasteiger partial charge < -0.3 is 4.74 Å². The minimum atomic E-state index is -0.519. The van der Waals surface area contributed by atoms with Gasteiger partial charge in [-0.2, -0.15) is 0 Å². The molecule has 0 N–H and O–H groups in total. The lowest BCUT2D eigenvalue weighted by Gasteiger charge is -2.01. The van der Waals surface area contributed by atoms with Gasteiger partial charge in [0.05, 0.1) is 12.7 Å². The summed E-state index contributed by atoms with van der Waals surface area (Å²) in [5.74, 6) is -0.943. The fourth-order valence-corrected chi connectivity index (χ4v) is 1.39. The Morgan fingerprint density at radius 1 is 1.46 bits per heavy atom. The Bertz CT molecular complexity index is 325. The van der Waals surface area contributed by atoms with Gasteiger partial charge in [-0.05, 0) is 24.5 Å². The minimum Gasteiger partial charge on any atom is -0.465 e. The van der Waals surface area contributed by atoms with E-state index < -0.39 is 11.8 Å². The van der Waals surface area contributed by atoms with Crippen LogP contribution in [0.15, 0.2) is 23.1 Å². The standard InChI is InChI=1S/C9H9FO2S/c1-12-9(11)6-3-7(10)5-8(4-6)13-2/h3-5H,1-2H3. The number of esters is 1. The van der Waals surface area contributed by atoms with Crippen LogP contribution >= 0.6 is 11.8 Å². The molecule has 0 saturated carbocycles. The highest BCUT2D eigenvalue weighted by molar-refractivity contribution is 7.98. The molecule has 0 aromatic heterocycles. The van der Waals surface area contributed by atoms with E-state index in [-0.39, 0.29) is 5.56 Å². The van der Waals surface area contributed by atoms with Gasteiger partial charge in [0.2, 0.25) is 0 Å². The molecule has 0 spiro atoms. The molecule has 2 nitrogen and oxygen atoms in total. The molecular formula is C9H9FO2S. The Morgan fingerprint density at radius 3 is 2.69 bits per heavy atom. The quantitative estimate of drug-likeness (QED) is 0.541. The van der Waals surface area contributed by atoms with Crippen molar-refractivity contribution in [3.63, 3.8) is 0 Å². The molecular weight excluding hydrogens is 191 g/mol. The van der Waals surface area contributed by atoms with Crippen molar-refractivity contribution >= 4 is 17.7 Å². The molecule has 0 unspecified atom stereocenters. The van der Waals surface area contributed by atoms with Crippen LogP contribution in [0.25, 0.3) is 0 Å². The Kier molecular flexibility index (Phi) is 3.31. The van der Waals surface area contributed by atoms with E-state index in [0.717, 1.165) is 6.07 Å². The second-order valence-electron chi connectivity index (χ2n) is 2.37. The van der Waals surface area contributed by atoms with Crippen LogP contribution < -0.4 is 0 Å². The second-order valence-corrected chi connectivity index (χ2v) is 3.25. The van der Waals surface area contributed by atoms with Crippen LogP contribution in [0.3, 0.4) is 0 Å². The summed E-state index contributed by atoms with van der Waals surface area (Å²) in [4.78, 5) is 11.7. The highest BCUT2D eigenvalue weighted by atomic mass is 32.2. The molecule has 0 bridgehead atoms. The zero-order chi connectivity index (χ0) is 9.84. The topological polar surface area (TPSA) is 26.3 Å². The fourth-order valence-electron chi connectivity index (χ4n) is 0.916. The van der Waals surface area contributed by atoms with Crippen LogP contribution in [0.4, 0.5) is 4.39 Å². The zero-order valence-corrected chi connectivity index (χ0v) is 8.15. The largest absolute Gasteiger partial charge is 0.465 e. The molecule has 1 aromatic rings. The number of benzene rings is 1. The first-order valence-electron chi connectivity index (χ1n) is 3.60. The van der Waals surface area contributed by atoms with Crippen molar-refractivity contribution in [1.82, 2.24) is 0 Å². The van der Waals surface area contributed by atoms with Gasteiger partial charge in [0.1, 0.15) is 5.82 Å². The third-order valence-corrected chi connectivity index (χ3v) is 2.24. The molecule has 13 heavy (non-hydrogen) atoms. The lowest BCUT2D eigenvalue weighted by Crippen LogP contribution is -2.01. The SMILES string of the molecule is COC(=O)c1cc(F)cc(SC)c1. The van der Waals surface area contributed by atoms with Gasteiger partial charge in [-0.25, -0.2) is 9.18 Å². The Hall–Kier alpha value is -1.03. The van der Waals surface area contributed by atoms with Crippen molar-refractivity contribution in [3.8, 4) is 0 Å². The molecule has 0 heterocycles. The summed E-state index contributed by atoms with van der Waals surface area (Å²) in [5, 5.41) is 0. The first-order chi connectivity index (χ1) is 6.17. The number of carbonyl (C=O) groups excluding carboxylic acids is 1. The van der Waals surface area contributed by atoms with Crippen LogP contribution in [0.1, 0.15) is 10.4 Å². The highest BCUT2D eigenvalue weighted by Gasteiger charge is 2.07. The minimum absolute atomic E-state index is 0.242. The average molecular weight is 200 g/mol. The predicted molar refractivity (Wildman–Crippen MR) is 49.5 cm³/mol. The van der Waals surface area contributed by atoms with Crippen molar-refractivity contribution in [2.45, 2.75) is 4.90 Å². The maximum Gasteiger partial charge on any atom is 0.337 e. The van der Waals surface area contributed by atoms with Crippen molar-refractivity contribution in [1.29, 1.82) is 0 Å². The molecule has 1 rings (SSSR count). The molecule has 0 saturated heterocycles. The summed E-state index contributed by atoms with van der Waals surface area (Å²) in [5.41, 5.74) is 0.242. The Morgan fingerprint density at radius 2 is 2.15 bits per heavy atom. The van der Waals surface area contributed by atoms with E-state index in [2.05, 4.69) is 4.74 Å². The third-order valence-electron chi connectivity index (χ3n) is 1.53. The van der Waals surface area contributed by atoms with E-state index in [9.17, 15) is 9.18 Å². The summed E-state index contributed by atoms with van der Waals surface area (Å²) in [6.45, 7) is 0. The van der Waals surface area contributed by atoms with E-state index in [1.165, 1.54) is 24.9 Å². The van der Waals surface area contributed by atoms with Gasteiger partial charge in [-0.1, -0.05) is 0 Å². The summed E-state index contributed by atoms with van der Waals surface area (Å²) in [6.07, 6.45) is 1.82. The molecule has 0 amide bonds. The van der Waals surface area contributed by atoms with Crippen molar-refractivity contribution in [3.05, 3.63) is 29.6 Å². The highest BCUT2D eigenvalue weighted by Crippen LogP contribution is 2.18. The maximum absolute atomic E-state index is 12.9. The maximum atomic E-state index is 12.9. The Labute approximate surface area is 80.1 Å². The molecule has 0 radical (unpaired) electrons. The molecule has 0 aliphatic heterocycles. The number of carbonyl (C=O) groups is 1. The number of rotatable bonds is 2. The number of thioether (sulfide) groups is 1. The van der Waals surface area contributed by atoms with Gasteiger partial charge in [0, 0.05) is 4.90 Å². The number of ether oxygens (including phenoxy) is 1. The lowest BCUT2D eigenvalue weighted by atomic mass is 10.2. The van der Waals surface area contributed by atoms with Crippen molar-refractivity contribution in [2.24, 2.45) is 0 Å². The van der Waals surface area contributed by atoms with E-state index >= 15 is 0 Å². The smallest absolute Gasteiger partial charge is 0.337 e. The van der Waals surface area contributed by atoms with Crippen molar-refractivity contribution < 1.29 is 13.9 Å². The monoisotopic (exact) mass is 200 g/mol. The van der Waals surface area contributed by atoms with Crippen LogP contribution in [0.2, 0.25) is 0 Å². The first kappa shape index (κ1) is 10.1. The zero-order valence-electron chi connectivity index (χ0n) is 7.33. The van der Waals surface area contributed by atoms with Gasteiger partial charge in [-0.15, -0.1) is 11.8 Å². The molecule has 4 heteroatoms. The van der Waals surface area contributed by atoms with Gasteiger partial charge in [0.15, 0.2) is 0 Å². The summed E-state index contributed by atoms with van der Waals surface area (Å²) < 4.78 is 17.4. The summed E-state index contributed by atoms with van der Waals surface area (Å²) in [6, 6.07) is 4.13. The molecule has 0 fully saturated rings. The van der Waals surface area contributed by atoms with Crippen LogP contribution in [-0.2, 0) is 4.74 Å². The van der Waals surface area contributed by atoms with Crippen molar-refractivity contribution in [2.75, 3.05) is 13.4 Å². The molecule has 0 atom stereocenters. The van der Waals surface area contributed by atoms with E-state index in [1.54, 1.807) is 6.07 Å². The van der Waals surface area contributed by atoms with E-state index in [0.29, 0.717) is 4.90 Å². The summed E-state index contributed by atoms with van der Waals surface area (Å²) >= 11 is 1.38. The number of methoxy groups -OCH3 is 1. The summed E-state index contributed by atoms with van der Waals surface area (Å²) in [7, 11) is 1.27. The van der Waals surface area contributed by atoms with E-state index in [4.69, 9.17) is 0 Å². The van der Waals surface area contributed by atoms with E-state index in [1.807, 2.05) is 6.26 Å². The van der Waals surface area contributed by atoms with Crippen LogP contribution in [0, 0.1) is 5.82 Å². The van der Waals surface area contributed by atoms with Gasteiger partial charge in [-0.3, -0.25) is 0 Å². The first-order valence-corrected chi connectivity index (χ1v) is 4.82. The second kappa shape index (κ2) is 4.28. The van der Waals surface area contributed by atoms with Gasteiger partial charge >= 0.3 is 5.97 Å². The molecule has 0 aliphatic carbocycles. The Balaban J connectivity index is 3.08.